The minimum Gasteiger partial charge on any atom is -0.495 e. The van der Waals surface area contributed by atoms with Gasteiger partial charge in [-0.1, -0.05) is 12.1 Å². The van der Waals surface area contributed by atoms with E-state index in [2.05, 4.69) is 10.2 Å². The van der Waals surface area contributed by atoms with Gasteiger partial charge in [0.25, 0.3) is 11.6 Å². The molecule has 0 aromatic heterocycles. The van der Waals surface area contributed by atoms with Gasteiger partial charge in [0.05, 0.1) is 17.7 Å². The standard InChI is InChI=1S/C21H21N5O4/c1-30-20-5-3-2-4-19(20)25-12-10-24(11-13-25)15-16(14-22)21(27)23-17-6-8-18(9-7-17)26(28)29/h2-9,15H,10-13H2,1H3,(H,23,27)/b16-15-. The first-order chi connectivity index (χ1) is 14.5. The summed E-state index contributed by atoms with van der Waals surface area (Å²) in [5, 5.41) is 22.7. The first-order valence-corrected chi connectivity index (χ1v) is 9.31. The molecule has 0 aliphatic carbocycles. The molecule has 1 aliphatic heterocycles. The molecule has 2 aromatic rings. The number of carbonyl (C=O) groups is 1. The lowest BCUT2D eigenvalue weighted by molar-refractivity contribution is -0.384. The summed E-state index contributed by atoms with van der Waals surface area (Å²) in [7, 11) is 1.64. The quantitative estimate of drug-likeness (QED) is 0.339. The Morgan fingerprint density at radius 2 is 1.83 bits per heavy atom. The highest BCUT2D eigenvalue weighted by Crippen LogP contribution is 2.28. The summed E-state index contributed by atoms with van der Waals surface area (Å²) in [6.45, 7) is 2.74. The predicted molar refractivity (Wildman–Crippen MR) is 112 cm³/mol. The maximum absolute atomic E-state index is 12.4. The second-order valence-electron chi connectivity index (χ2n) is 6.61. The number of amides is 1. The van der Waals surface area contributed by atoms with E-state index in [-0.39, 0.29) is 11.3 Å². The number of hydrogen-bond donors (Lipinski definition) is 1. The summed E-state index contributed by atoms with van der Waals surface area (Å²) in [5.74, 6) is 0.250. The first-order valence-electron chi connectivity index (χ1n) is 9.31. The summed E-state index contributed by atoms with van der Waals surface area (Å²) >= 11 is 0. The molecule has 0 spiro atoms. The van der Waals surface area contributed by atoms with Crippen LogP contribution in [0.3, 0.4) is 0 Å². The lowest BCUT2D eigenvalue weighted by Gasteiger charge is -2.36. The molecule has 9 heteroatoms. The van der Waals surface area contributed by atoms with Crippen molar-refractivity contribution in [3.05, 3.63) is 70.4 Å². The van der Waals surface area contributed by atoms with Gasteiger partial charge < -0.3 is 19.9 Å². The molecule has 1 saturated heterocycles. The zero-order valence-electron chi connectivity index (χ0n) is 16.4. The molecule has 0 radical (unpaired) electrons. The number of nitrogens with one attached hydrogen (secondary N) is 1. The van der Waals surface area contributed by atoms with Gasteiger partial charge in [0.2, 0.25) is 0 Å². The molecule has 0 saturated carbocycles. The van der Waals surface area contributed by atoms with E-state index in [1.165, 1.54) is 24.3 Å². The van der Waals surface area contributed by atoms with E-state index < -0.39 is 10.8 Å². The number of piperazine rings is 1. The Hall–Kier alpha value is -4.06. The zero-order chi connectivity index (χ0) is 21.5. The van der Waals surface area contributed by atoms with Gasteiger partial charge in [-0.25, -0.2) is 0 Å². The summed E-state index contributed by atoms with van der Waals surface area (Å²) in [6, 6.07) is 15.2. The third-order valence-electron chi connectivity index (χ3n) is 4.75. The van der Waals surface area contributed by atoms with Gasteiger partial charge in [-0.05, 0) is 24.3 Å². The van der Waals surface area contributed by atoms with Crippen LogP contribution < -0.4 is 15.0 Å². The molecule has 1 fully saturated rings. The van der Waals surface area contributed by atoms with Crippen molar-refractivity contribution in [2.24, 2.45) is 0 Å². The summed E-state index contributed by atoms with van der Waals surface area (Å²) < 4.78 is 5.42. The maximum Gasteiger partial charge on any atom is 0.269 e. The zero-order valence-corrected chi connectivity index (χ0v) is 16.4. The monoisotopic (exact) mass is 407 g/mol. The molecule has 1 amide bonds. The molecule has 154 valence electrons. The fourth-order valence-electron chi connectivity index (χ4n) is 3.17. The van der Waals surface area contributed by atoms with Gasteiger partial charge in [0.15, 0.2) is 0 Å². The van der Waals surface area contributed by atoms with Crippen LogP contribution in [0.5, 0.6) is 5.75 Å². The lowest BCUT2D eigenvalue weighted by atomic mass is 10.2. The topological polar surface area (TPSA) is 112 Å². The maximum atomic E-state index is 12.4. The SMILES string of the molecule is COc1ccccc1N1CCN(/C=C(/C#N)C(=O)Nc2ccc([N+](=O)[O-])cc2)CC1. The van der Waals surface area contributed by atoms with Gasteiger partial charge in [0, 0.05) is 50.2 Å². The predicted octanol–water partition coefficient (Wildman–Crippen LogP) is 2.77. The normalized spacial score (nSPS) is 14.1. The molecule has 0 atom stereocenters. The number of hydrogen-bond acceptors (Lipinski definition) is 7. The summed E-state index contributed by atoms with van der Waals surface area (Å²) in [6.07, 6.45) is 1.56. The van der Waals surface area contributed by atoms with Crippen molar-refractivity contribution < 1.29 is 14.5 Å². The average Bonchev–Trinajstić information content (AvgIpc) is 2.78. The van der Waals surface area contributed by atoms with Crippen LogP contribution in [0.2, 0.25) is 0 Å². The number of para-hydroxylation sites is 2. The molecular weight excluding hydrogens is 386 g/mol. The van der Waals surface area contributed by atoms with E-state index in [0.717, 1.165) is 24.5 Å². The summed E-state index contributed by atoms with van der Waals surface area (Å²) in [4.78, 5) is 26.7. The minimum absolute atomic E-state index is 0.0286. The lowest BCUT2D eigenvalue weighted by Crippen LogP contribution is -2.44. The van der Waals surface area contributed by atoms with Crippen molar-refractivity contribution in [1.82, 2.24) is 4.90 Å². The van der Waals surface area contributed by atoms with Crippen LogP contribution in [-0.2, 0) is 4.79 Å². The van der Waals surface area contributed by atoms with Crippen molar-refractivity contribution >= 4 is 23.0 Å². The van der Waals surface area contributed by atoms with Crippen molar-refractivity contribution in [3.63, 3.8) is 0 Å². The van der Waals surface area contributed by atoms with E-state index >= 15 is 0 Å². The Labute approximate surface area is 173 Å². The number of non-ortho nitro benzene ring substituents is 1. The third-order valence-corrected chi connectivity index (χ3v) is 4.75. The number of nitriles is 1. The van der Waals surface area contributed by atoms with E-state index in [1.54, 1.807) is 13.3 Å². The molecule has 9 nitrogen and oxygen atoms in total. The number of benzene rings is 2. The minimum atomic E-state index is -0.557. The third kappa shape index (κ3) is 4.86. The highest BCUT2D eigenvalue weighted by molar-refractivity contribution is 6.06. The molecule has 3 rings (SSSR count). The van der Waals surface area contributed by atoms with Gasteiger partial charge in [-0.15, -0.1) is 0 Å². The van der Waals surface area contributed by atoms with Crippen LogP contribution in [0.25, 0.3) is 0 Å². The average molecular weight is 407 g/mol. The van der Waals surface area contributed by atoms with Crippen molar-refractivity contribution in [2.45, 2.75) is 0 Å². The number of rotatable bonds is 6. The molecule has 0 unspecified atom stereocenters. The van der Waals surface area contributed by atoms with Crippen LogP contribution in [-0.4, -0.2) is 49.0 Å². The Kier molecular flexibility index (Phi) is 6.49. The second-order valence-corrected chi connectivity index (χ2v) is 6.61. The number of carbonyl (C=O) groups excluding carboxylic acids is 1. The Balaban J connectivity index is 1.62. The van der Waals surface area contributed by atoms with Crippen molar-refractivity contribution in [3.8, 4) is 11.8 Å². The van der Waals surface area contributed by atoms with Gasteiger partial charge in [0.1, 0.15) is 17.4 Å². The number of nitro groups is 1. The Morgan fingerprint density at radius 1 is 1.17 bits per heavy atom. The van der Waals surface area contributed by atoms with E-state index in [4.69, 9.17) is 4.74 Å². The number of nitrogens with zero attached hydrogens (tertiary/aromatic N) is 4. The molecule has 1 heterocycles. The number of anilines is 2. The van der Waals surface area contributed by atoms with Crippen LogP contribution in [0.15, 0.2) is 60.3 Å². The molecule has 0 bridgehead atoms. The second kappa shape index (κ2) is 9.43. The first kappa shape index (κ1) is 20.7. The molecule has 2 aromatic carbocycles. The molecule has 1 aliphatic rings. The van der Waals surface area contributed by atoms with E-state index in [1.807, 2.05) is 35.2 Å². The van der Waals surface area contributed by atoms with Gasteiger partial charge >= 0.3 is 0 Å². The highest BCUT2D eigenvalue weighted by atomic mass is 16.6. The summed E-state index contributed by atoms with van der Waals surface area (Å²) in [5.41, 5.74) is 1.30. The van der Waals surface area contributed by atoms with Crippen molar-refractivity contribution in [2.75, 3.05) is 43.5 Å². The number of methoxy groups -OCH3 is 1. The van der Waals surface area contributed by atoms with Gasteiger partial charge in [-0.2, -0.15) is 5.26 Å². The smallest absolute Gasteiger partial charge is 0.269 e. The van der Waals surface area contributed by atoms with Crippen molar-refractivity contribution in [1.29, 1.82) is 5.26 Å². The molecule has 1 N–H and O–H groups in total. The molecule has 30 heavy (non-hydrogen) atoms. The highest BCUT2D eigenvalue weighted by Gasteiger charge is 2.19. The van der Waals surface area contributed by atoms with Gasteiger partial charge in [-0.3, -0.25) is 14.9 Å². The largest absolute Gasteiger partial charge is 0.495 e. The fourth-order valence-corrected chi connectivity index (χ4v) is 3.17. The number of nitro benzene ring substituents is 1. The van der Waals surface area contributed by atoms with E-state index in [0.29, 0.717) is 18.8 Å². The Bertz CT molecular complexity index is 989. The van der Waals surface area contributed by atoms with Crippen LogP contribution in [0.1, 0.15) is 0 Å². The van der Waals surface area contributed by atoms with E-state index in [9.17, 15) is 20.2 Å². The van der Waals surface area contributed by atoms with Crippen LogP contribution in [0.4, 0.5) is 17.1 Å². The van der Waals surface area contributed by atoms with Crippen LogP contribution in [0, 0.1) is 21.4 Å². The fraction of sp³-hybridized carbons (Fsp3) is 0.238. The Morgan fingerprint density at radius 3 is 2.43 bits per heavy atom. The van der Waals surface area contributed by atoms with Crippen LogP contribution >= 0.6 is 0 Å². The molecular formula is C21H21N5O4. The number of ether oxygens (including phenoxy) is 1.